The number of hydrogen-bond donors (Lipinski definition) is 1. The Labute approximate surface area is 211 Å². The van der Waals surface area contributed by atoms with Gasteiger partial charge in [-0.15, -0.1) is 0 Å². The molecule has 1 amide bonds. The standard InChI is InChI=1S/C27H34N2O7/c1-7-28(8-2)13-14-29-23(18-15-20(34-4)26(36-6)21(16-18)35-5)22(25(31)27(29)32)24(30)17-9-11-19(33-3)12-10-17/h9-12,15-16,23,30H,7-8,13-14H2,1-6H3/t23-/m1/s1. The van der Waals surface area contributed by atoms with Crippen LogP contribution in [0.3, 0.4) is 0 Å². The summed E-state index contributed by atoms with van der Waals surface area (Å²) in [6.45, 7) is 6.56. The molecule has 1 N–H and O–H groups in total. The van der Waals surface area contributed by atoms with E-state index >= 15 is 0 Å². The van der Waals surface area contributed by atoms with Crippen molar-refractivity contribution in [3.63, 3.8) is 0 Å². The van der Waals surface area contributed by atoms with Gasteiger partial charge in [-0.2, -0.15) is 0 Å². The van der Waals surface area contributed by atoms with Crippen LogP contribution in [0.15, 0.2) is 42.0 Å². The van der Waals surface area contributed by atoms with E-state index in [0.717, 1.165) is 13.1 Å². The largest absolute Gasteiger partial charge is 0.507 e. The topological polar surface area (TPSA) is 97.8 Å². The van der Waals surface area contributed by atoms with Gasteiger partial charge in [0.2, 0.25) is 5.75 Å². The van der Waals surface area contributed by atoms with Gasteiger partial charge in [-0.3, -0.25) is 9.59 Å². The van der Waals surface area contributed by atoms with E-state index in [0.29, 0.717) is 47.2 Å². The highest BCUT2D eigenvalue weighted by atomic mass is 16.5. The van der Waals surface area contributed by atoms with E-state index < -0.39 is 17.7 Å². The Morgan fingerprint density at radius 3 is 1.97 bits per heavy atom. The molecule has 0 aromatic heterocycles. The lowest BCUT2D eigenvalue weighted by Gasteiger charge is -2.29. The monoisotopic (exact) mass is 498 g/mol. The van der Waals surface area contributed by atoms with Gasteiger partial charge in [0, 0.05) is 18.7 Å². The van der Waals surface area contributed by atoms with E-state index in [1.54, 1.807) is 43.5 Å². The molecule has 3 rings (SSSR count). The first-order chi connectivity index (χ1) is 17.3. The second-order valence-corrected chi connectivity index (χ2v) is 8.21. The molecule has 2 aromatic carbocycles. The highest BCUT2D eigenvalue weighted by molar-refractivity contribution is 6.46. The fourth-order valence-corrected chi connectivity index (χ4v) is 4.41. The molecule has 1 aliphatic heterocycles. The van der Waals surface area contributed by atoms with Crippen LogP contribution in [0.1, 0.15) is 31.0 Å². The summed E-state index contributed by atoms with van der Waals surface area (Å²) >= 11 is 0. The summed E-state index contributed by atoms with van der Waals surface area (Å²) in [5, 5.41) is 11.3. The summed E-state index contributed by atoms with van der Waals surface area (Å²) in [5.41, 5.74) is 0.951. The maximum atomic E-state index is 13.3. The molecule has 0 saturated carbocycles. The first-order valence-electron chi connectivity index (χ1n) is 11.8. The molecule has 0 aliphatic carbocycles. The maximum Gasteiger partial charge on any atom is 0.295 e. The number of aliphatic hydroxyl groups is 1. The van der Waals surface area contributed by atoms with E-state index in [2.05, 4.69) is 4.90 Å². The van der Waals surface area contributed by atoms with Gasteiger partial charge in [0.1, 0.15) is 11.5 Å². The molecule has 9 heteroatoms. The zero-order chi connectivity index (χ0) is 26.4. The Hall–Kier alpha value is -3.72. The minimum atomic E-state index is -0.851. The third kappa shape index (κ3) is 5.11. The number of likely N-dealkylation sites (tertiary alicyclic amines) is 1. The third-order valence-electron chi connectivity index (χ3n) is 6.46. The number of carbonyl (C=O) groups excluding carboxylic acids is 2. The molecule has 1 atom stereocenters. The van der Waals surface area contributed by atoms with Crippen LogP contribution < -0.4 is 18.9 Å². The number of amides is 1. The Morgan fingerprint density at radius 2 is 1.50 bits per heavy atom. The fourth-order valence-electron chi connectivity index (χ4n) is 4.41. The zero-order valence-corrected chi connectivity index (χ0v) is 21.7. The van der Waals surface area contributed by atoms with Crippen LogP contribution in [-0.4, -0.2) is 81.2 Å². The number of rotatable bonds is 11. The Balaban J connectivity index is 2.21. The second-order valence-electron chi connectivity index (χ2n) is 8.21. The van der Waals surface area contributed by atoms with Crippen molar-refractivity contribution in [3.8, 4) is 23.0 Å². The first kappa shape index (κ1) is 26.9. The van der Waals surface area contributed by atoms with Crippen LogP contribution in [0, 0.1) is 0 Å². The molecule has 0 unspecified atom stereocenters. The molecular formula is C27H34N2O7. The van der Waals surface area contributed by atoms with Gasteiger partial charge in [0.25, 0.3) is 11.7 Å². The van der Waals surface area contributed by atoms with Gasteiger partial charge in [0.05, 0.1) is 40.1 Å². The minimum absolute atomic E-state index is 0.000938. The van der Waals surface area contributed by atoms with Crippen LogP contribution in [0.4, 0.5) is 0 Å². The zero-order valence-electron chi connectivity index (χ0n) is 21.7. The molecule has 0 bridgehead atoms. The number of hydrogen-bond acceptors (Lipinski definition) is 8. The van der Waals surface area contributed by atoms with Gasteiger partial charge in [-0.1, -0.05) is 13.8 Å². The smallest absolute Gasteiger partial charge is 0.295 e. The molecule has 36 heavy (non-hydrogen) atoms. The highest BCUT2D eigenvalue weighted by Crippen LogP contribution is 2.45. The molecule has 1 aliphatic rings. The van der Waals surface area contributed by atoms with Gasteiger partial charge in [0.15, 0.2) is 11.5 Å². The van der Waals surface area contributed by atoms with Crippen LogP contribution in [0.5, 0.6) is 23.0 Å². The Morgan fingerprint density at radius 1 is 0.917 bits per heavy atom. The van der Waals surface area contributed by atoms with E-state index in [1.807, 2.05) is 13.8 Å². The molecule has 0 radical (unpaired) electrons. The van der Waals surface area contributed by atoms with Crippen LogP contribution >= 0.6 is 0 Å². The number of methoxy groups -OCH3 is 4. The number of ketones is 1. The van der Waals surface area contributed by atoms with Crippen molar-refractivity contribution in [2.45, 2.75) is 19.9 Å². The fraction of sp³-hybridized carbons (Fsp3) is 0.407. The number of carbonyl (C=O) groups is 2. The van der Waals surface area contributed by atoms with Gasteiger partial charge in [-0.05, 0) is 55.1 Å². The molecule has 1 heterocycles. The Bertz CT molecular complexity index is 1100. The summed E-state index contributed by atoms with van der Waals surface area (Å²) < 4.78 is 21.7. The second kappa shape index (κ2) is 11.8. The average Bonchev–Trinajstić information content (AvgIpc) is 3.17. The molecule has 1 fully saturated rings. The van der Waals surface area contributed by atoms with E-state index in [1.165, 1.54) is 26.2 Å². The minimum Gasteiger partial charge on any atom is -0.507 e. The predicted molar refractivity (Wildman–Crippen MR) is 136 cm³/mol. The summed E-state index contributed by atoms with van der Waals surface area (Å²) in [6, 6.07) is 9.19. The van der Waals surface area contributed by atoms with Crippen LogP contribution in [0.2, 0.25) is 0 Å². The molecular weight excluding hydrogens is 464 g/mol. The van der Waals surface area contributed by atoms with Crippen molar-refractivity contribution in [1.82, 2.24) is 9.80 Å². The lowest BCUT2D eigenvalue weighted by molar-refractivity contribution is -0.140. The Kier molecular flexibility index (Phi) is 8.82. The van der Waals surface area contributed by atoms with Crippen molar-refractivity contribution in [2.75, 3.05) is 54.6 Å². The van der Waals surface area contributed by atoms with Crippen molar-refractivity contribution in [1.29, 1.82) is 0 Å². The average molecular weight is 499 g/mol. The van der Waals surface area contributed by atoms with Gasteiger partial charge in [-0.25, -0.2) is 0 Å². The summed E-state index contributed by atoms with van der Waals surface area (Å²) in [6.07, 6.45) is 0. The quantitative estimate of drug-likeness (QED) is 0.286. The number of Topliss-reactive ketones (excluding diaryl/α,β-unsaturated/α-hetero) is 1. The SMILES string of the molecule is CCN(CC)CCN1C(=O)C(=O)C(=C(O)c2ccc(OC)cc2)[C@H]1c1cc(OC)c(OC)c(OC)c1. The van der Waals surface area contributed by atoms with Crippen molar-refractivity contribution in [2.24, 2.45) is 0 Å². The molecule has 9 nitrogen and oxygen atoms in total. The summed E-state index contributed by atoms with van der Waals surface area (Å²) in [5.74, 6) is 0.0698. The maximum absolute atomic E-state index is 13.3. The molecule has 0 spiro atoms. The normalized spacial score (nSPS) is 17.0. The van der Waals surface area contributed by atoms with Gasteiger partial charge < -0.3 is 33.9 Å². The van der Waals surface area contributed by atoms with E-state index in [4.69, 9.17) is 18.9 Å². The highest BCUT2D eigenvalue weighted by Gasteiger charge is 2.46. The molecule has 2 aromatic rings. The number of ether oxygens (including phenoxy) is 4. The lowest BCUT2D eigenvalue weighted by Crippen LogP contribution is -2.38. The molecule has 194 valence electrons. The summed E-state index contributed by atoms with van der Waals surface area (Å²) in [7, 11) is 6.03. The van der Waals surface area contributed by atoms with E-state index in [-0.39, 0.29) is 11.3 Å². The number of aliphatic hydroxyl groups excluding tert-OH is 1. The van der Waals surface area contributed by atoms with Crippen LogP contribution in [0.25, 0.3) is 5.76 Å². The number of nitrogens with zero attached hydrogens (tertiary/aromatic N) is 2. The molecule has 1 saturated heterocycles. The summed E-state index contributed by atoms with van der Waals surface area (Å²) in [4.78, 5) is 30.2. The van der Waals surface area contributed by atoms with Crippen molar-refractivity contribution >= 4 is 17.4 Å². The van der Waals surface area contributed by atoms with E-state index in [9.17, 15) is 14.7 Å². The first-order valence-corrected chi connectivity index (χ1v) is 11.8. The lowest BCUT2D eigenvalue weighted by atomic mass is 9.94. The number of benzene rings is 2. The third-order valence-corrected chi connectivity index (χ3v) is 6.46. The number of likely N-dealkylation sites (N-methyl/N-ethyl adjacent to an activating group) is 1. The van der Waals surface area contributed by atoms with Crippen molar-refractivity contribution < 1.29 is 33.6 Å². The van der Waals surface area contributed by atoms with Crippen LogP contribution in [-0.2, 0) is 9.59 Å². The van der Waals surface area contributed by atoms with Crippen molar-refractivity contribution in [3.05, 3.63) is 53.1 Å². The predicted octanol–water partition coefficient (Wildman–Crippen LogP) is 3.48. The van der Waals surface area contributed by atoms with Gasteiger partial charge >= 0.3 is 0 Å².